The van der Waals surface area contributed by atoms with Gasteiger partial charge in [-0.1, -0.05) is 18.2 Å². The van der Waals surface area contributed by atoms with Gasteiger partial charge in [0.15, 0.2) is 0 Å². The monoisotopic (exact) mass is 322 g/mol. The second-order valence-electron chi connectivity index (χ2n) is 6.67. The van der Waals surface area contributed by atoms with Crippen molar-refractivity contribution in [2.45, 2.75) is 32.9 Å². The molecule has 1 radical (unpaired) electrons. The Bertz CT molecular complexity index is 858. The first-order valence-electron chi connectivity index (χ1n) is 7.84. The molecule has 1 N–H and O–H groups in total. The van der Waals surface area contributed by atoms with Gasteiger partial charge >= 0.3 is 6.09 Å². The van der Waals surface area contributed by atoms with Gasteiger partial charge in [0.1, 0.15) is 5.60 Å². The van der Waals surface area contributed by atoms with Crippen molar-refractivity contribution < 1.29 is 13.9 Å². The third-order valence-corrected chi connectivity index (χ3v) is 3.52. The highest BCUT2D eigenvalue weighted by Gasteiger charge is 2.15. The van der Waals surface area contributed by atoms with E-state index in [9.17, 15) is 4.79 Å². The molecule has 3 aromatic rings. The van der Waals surface area contributed by atoms with Gasteiger partial charge in [-0.15, -0.1) is 0 Å². The van der Waals surface area contributed by atoms with E-state index in [1.807, 2.05) is 57.2 Å². The molecule has 0 saturated carbocycles. The minimum absolute atomic E-state index is 0.411. The number of rotatable bonds is 3. The van der Waals surface area contributed by atoms with Crippen LogP contribution in [0.25, 0.3) is 21.9 Å². The van der Waals surface area contributed by atoms with Crippen LogP contribution in [0.3, 0.4) is 0 Å². The number of amides is 1. The lowest BCUT2D eigenvalue weighted by Crippen LogP contribution is -2.32. The smallest absolute Gasteiger partial charge is 0.407 e. The topological polar surface area (TPSA) is 51.5 Å². The van der Waals surface area contributed by atoms with Gasteiger partial charge in [0, 0.05) is 17.3 Å². The zero-order valence-corrected chi connectivity index (χ0v) is 14.1. The maximum atomic E-state index is 11.8. The van der Waals surface area contributed by atoms with Crippen molar-refractivity contribution in [3.63, 3.8) is 0 Å². The second kappa shape index (κ2) is 6.40. The molecule has 1 aromatic heterocycles. The number of nitrogens with one attached hydrogen (secondary N) is 1. The van der Waals surface area contributed by atoms with E-state index >= 15 is 0 Å². The Morgan fingerprint density at radius 3 is 2.88 bits per heavy atom. The Morgan fingerprint density at radius 1 is 1.25 bits per heavy atom. The van der Waals surface area contributed by atoms with Crippen LogP contribution in [0.15, 0.2) is 53.3 Å². The molecule has 24 heavy (non-hydrogen) atoms. The lowest BCUT2D eigenvalue weighted by atomic mass is 9.99. The summed E-state index contributed by atoms with van der Waals surface area (Å²) in [7, 11) is 0. The minimum Gasteiger partial charge on any atom is -0.471 e. The van der Waals surface area contributed by atoms with E-state index < -0.39 is 11.7 Å². The summed E-state index contributed by atoms with van der Waals surface area (Å²) in [6.07, 6.45) is 3.03. The molecule has 0 spiro atoms. The van der Waals surface area contributed by atoms with E-state index in [0.29, 0.717) is 6.54 Å². The Morgan fingerprint density at radius 2 is 2.08 bits per heavy atom. The van der Waals surface area contributed by atoms with Crippen molar-refractivity contribution >= 4 is 16.9 Å². The molecule has 4 nitrogen and oxygen atoms in total. The van der Waals surface area contributed by atoms with Gasteiger partial charge in [0.05, 0.1) is 12.5 Å². The van der Waals surface area contributed by atoms with E-state index in [4.69, 9.17) is 9.15 Å². The molecule has 0 bridgehead atoms. The van der Waals surface area contributed by atoms with E-state index in [1.54, 1.807) is 12.5 Å². The van der Waals surface area contributed by atoms with Gasteiger partial charge in [-0.25, -0.2) is 4.79 Å². The number of carbonyl (C=O) groups is 1. The first-order valence-corrected chi connectivity index (χ1v) is 7.84. The quantitative estimate of drug-likeness (QED) is 0.744. The Hall–Kier alpha value is -2.75. The number of fused-ring (bicyclic) bond motifs is 1. The van der Waals surface area contributed by atoms with Crippen LogP contribution >= 0.6 is 0 Å². The lowest BCUT2D eigenvalue weighted by Gasteiger charge is -2.19. The molecule has 2 aromatic carbocycles. The molecule has 0 atom stereocenters. The van der Waals surface area contributed by atoms with Gasteiger partial charge in [0.25, 0.3) is 0 Å². The Labute approximate surface area is 141 Å². The molecule has 0 aliphatic rings. The van der Waals surface area contributed by atoms with Crippen molar-refractivity contribution in [1.29, 1.82) is 0 Å². The van der Waals surface area contributed by atoms with E-state index in [0.717, 1.165) is 27.5 Å². The van der Waals surface area contributed by atoms with Crippen LogP contribution in [-0.2, 0) is 11.3 Å². The molecule has 1 heterocycles. The highest BCUT2D eigenvalue weighted by atomic mass is 16.6. The van der Waals surface area contributed by atoms with Crippen LogP contribution in [-0.4, -0.2) is 11.7 Å². The summed E-state index contributed by atoms with van der Waals surface area (Å²) in [5.41, 5.74) is 2.61. The van der Waals surface area contributed by atoms with Crippen molar-refractivity contribution in [2.75, 3.05) is 0 Å². The molecule has 0 fully saturated rings. The van der Waals surface area contributed by atoms with Crippen LogP contribution in [0.4, 0.5) is 4.79 Å². The van der Waals surface area contributed by atoms with Crippen LogP contribution in [0.2, 0.25) is 0 Å². The van der Waals surface area contributed by atoms with Crippen LogP contribution in [0.5, 0.6) is 0 Å². The minimum atomic E-state index is -0.501. The number of hydrogen-bond donors (Lipinski definition) is 1. The molecular formula is C20H20NO3. The first kappa shape index (κ1) is 16.1. The Kier molecular flexibility index (Phi) is 4.30. The van der Waals surface area contributed by atoms with Gasteiger partial charge in [-0.05, 0) is 61.7 Å². The summed E-state index contributed by atoms with van der Waals surface area (Å²) in [5, 5.41) is 4.84. The van der Waals surface area contributed by atoms with Crippen LogP contribution in [0, 0.1) is 6.07 Å². The molecule has 3 rings (SSSR count). The normalized spacial score (nSPS) is 11.5. The summed E-state index contributed by atoms with van der Waals surface area (Å²) in [6.45, 7) is 5.94. The van der Waals surface area contributed by atoms with Crippen LogP contribution < -0.4 is 5.32 Å². The Balaban J connectivity index is 1.78. The molecule has 1 amide bonds. The average molecular weight is 322 g/mol. The van der Waals surface area contributed by atoms with Gasteiger partial charge in [-0.3, -0.25) is 0 Å². The number of carbonyl (C=O) groups excluding carboxylic acids is 1. The lowest BCUT2D eigenvalue weighted by molar-refractivity contribution is 0.0523. The maximum absolute atomic E-state index is 11.8. The van der Waals surface area contributed by atoms with Gasteiger partial charge < -0.3 is 14.5 Å². The van der Waals surface area contributed by atoms with E-state index in [2.05, 4.69) is 11.4 Å². The summed E-state index contributed by atoms with van der Waals surface area (Å²) < 4.78 is 10.5. The second-order valence-corrected chi connectivity index (χ2v) is 6.67. The number of benzene rings is 2. The van der Waals surface area contributed by atoms with Gasteiger partial charge in [-0.2, -0.15) is 0 Å². The predicted octanol–water partition coefficient (Wildman–Crippen LogP) is 4.92. The summed E-state index contributed by atoms with van der Waals surface area (Å²) in [5.74, 6) is 0. The number of furan rings is 1. The highest BCUT2D eigenvalue weighted by Crippen LogP contribution is 2.29. The molecular weight excluding hydrogens is 302 g/mol. The predicted molar refractivity (Wildman–Crippen MR) is 93.6 cm³/mol. The van der Waals surface area contributed by atoms with Gasteiger partial charge in [0.2, 0.25) is 0 Å². The first-order chi connectivity index (χ1) is 11.4. The zero-order valence-electron chi connectivity index (χ0n) is 14.1. The largest absolute Gasteiger partial charge is 0.471 e. The molecule has 0 aliphatic carbocycles. The number of hydrogen-bond acceptors (Lipinski definition) is 3. The zero-order chi connectivity index (χ0) is 17.2. The molecule has 0 unspecified atom stereocenters. The van der Waals surface area contributed by atoms with E-state index in [1.165, 1.54) is 0 Å². The van der Waals surface area contributed by atoms with E-state index in [-0.39, 0.29) is 0 Å². The highest BCUT2D eigenvalue weighted by molar-refractivity contribution is 5.95. The summed E-state index contributed by atoms with van der Waals surface area (Å²) in [6, 6.07) is 15.0. The standard InChI is InChI=1S/C20H20NO3/c1-20(2,3)24-19(22)21-11-14-6-4-7-15(10-14)17-9-5-8-16-12-23-13-18(16)17/h4,6-10,12-13H,11H2,1-3H3,(H,21,22). The molecule has 0 aliphatic heterocycles. The number of alkyl carbamates (subject to hydrolysis) is 1. The SMILES string of the molecule is CC(C)(C)OC(=O)NCc1cccc(-c2c[c]cc3cocc23)c1. The summed E-state index contributed by atoms with van der Waals surface area (Å²) >= 11 is 0. The van der Waals surface area contributed by atoms with Crippen molar-refractivity contribution in [3.05, 3.63) is 60.6 Å². The van der Waals surface area contributed by atoms with Crippen molar-refractivity contribution in [3.8, 4) is 11.1 Å². The fraction of sp³-hybridized carbons (Fsp3) is 0.250. The molecule has 4 heteroatoms. The third-order valence-electron chi connectivity index (χ3n) is 3.52. The molecule has 123 valence electrons. The average Bonchev–Trinajstić information content (AvgIpc) is 3.00. The van der Waals surface area contributed by atoms with Crippen molar-refractivity contribution in [1.82, 2.24) is 5.32 Å². The maximum Gasteiger partial charge on any atom is 0.407 e. The fourth-order valence-corrected chi connectivity index (χ4v) is 2.51. The number of ether oxygens (including phenoxy) is 1. The molecule has 0 saturated heterocycles. The fourth-order valence-electron chi connectivity index (χ4n) is 2.51. The summed E-state index contributed by atoms with van der Waals surface area (Å²) in [4.78, 5) is 11.8. The van der Waals surface area contributed by atoms with Crippen molar-refractivity contribution in [2.24, 2.45) is 0 Å². The van der Waals surface area contributed by atoms with Crippen LogP contribution in [0.1, 0.15) is 26.3 Å². The third kappa shape index (κ3) is 3.77.